The molecule has 3 saturated heterocycles. The van der Waals surface area contributed by atoms with Crippen molar-refractivity contribution >= 4 is 18.3 Å². The normalized spacial score (nSPS) is 32.5. The number of amides is 1. The van der Waals surface area contributed by atoms with Crippen molar-refractivity contribution in [2.75, 3.05) is 32.8 Å². The molecule has 0 aromatic carbocycles. The number of nitrogens with one attached hydrogen (secondary N) is 1. The quantitative estimate of drug-likeness (QED) is 0.837. The predicted octanol–water partition coefficient (Wildman–Crippen LogP) is 1.80. The van der Waals surface area contributed by atoms with Crippen molar-refractivity contribution in [2.45, 2.75) is 51.4 Å². The third-order valence-electron chi connectivity index (χ3n) is 5.38. The third kappa shape index (κ3) is 3.75. The van der Waals surface area contributed by atoms with Crippen molar-refractivity contribution in [1.29, 1.82) is 0 Å². The van der Waals surface area contributed by atoms with Gasteiger partial charge < -0.3 is 19.7 Å². The summed E-state index contributed by atoms with van der Waals surface area (Å²) in [6.07, 6.45) is 3.93. The molecule has 0 spiro atoms. The second-order valence-electron chi connectivity index (χ2n) is 6.89. The molecule has 5 nitrogen and oxygen atoms in total. The van der Waals surface area contributed by atoms with E-state index in [1.807, 2.05) is 0 Å². The summed E-state index contributed by atoms with van der Waals surface area (Å²) >= 11 is 0. The molecule has 1 amide bonds. The second kappa shape index (κ2) is 7.47. The summed E-state index contributed by atoms with van der Waals surface area (Å²) in [4.78, 5) is 14.7. The van der Waals surface area contributed by atoms with Crippen molar-refractivity contribution in [1.82, 2.24) is 10.2 Å². The van der Waals surface area contributed by atoms with Crippen LogP contribution in [0.2, 0.25) is 0 Å². The van der Waals surface area contributed by atoms with Crippen LogP contribution in [-0.2, 0) is 14.3 Å². The molecule has 0 aliphatic carbocycles. The van der Waals surface area contributed by atoms with E-state index in [2.05, 4.69) is 24.1 Å². The molecule has 2 atom stereocenters. The molecule has 3 fully saturated rings. The zero-order valence-corrected chi connectivity index (χ0v) is 14.5. The summed E-state index contributed by atoms with van der Waals surface area (Å²) in [5, 5.41) is 3.42. The summed E-state index contributed by atoms with van der Waals surface area (Å²) in [7, 11) is 0. The van der Waals surface area contributed by atoms with Crippen molar-refractivity contribution < 1.29 is 14.3 Å². The van der Waals surface area contributed by atoms with Gasteiger partial charge in [0.05, 0.1) is 13.2 Å². The summed E-state index contributed by atoms with van der Waals surface area (Å²) in [6.45, 7) is 8.28. The summed E-state index contributed by atoms with van der Waals surface area (Å²) in [5.74, 6) is 0.571. The Hall–Kier alpha value is -0.360. The lowest BCUT2D eigenvalue weighted by Gasteiger charge is -2.40. The third-order valence-corrected chi connectivity index (χ3v) is 5.38. The van der Waals surface area contributed by atoms with Crippen LogP contribution in [0.3, 0.4) is 0 Å². The maximum Gasteiger partial charge on any atom is 0.225 e. The zero-order chi connectivity index (χ0) is 14.9. The number of halogens is 1. The van der Waals surface area contributed by atoms with Gasteiger partial charge in [0.25, 0.3) is 0 Å². The first-order valence-electron chi connectivity index (χ1n) is 8.38. The van der Waals surface area contributed by atoms with Crippen LogP contribution in [0.1, 0.15) is 39.5 Å². The van der Waals surface area contributed by atoms with Gasteiger partial charge in [-0.15, -0.1) is 12.4 Å². The molecule has 6 heteroatoms. The standard InChI is InChI=1S/C16H28N2O3.ClH/c1-12-11-13(3-6-17-12)15(19)18-7-4-14(5-8-18)16(2)20-9-10-21-16;/h12-14,17H,3-11H2,1-2H3;1H/t12-,13-;/m0./s1. The molecule has 0 bridgehead atoms. The maximum absolute atomic E-state index is 12.6. The molecule has 0 aromatic heterocycles. The molecule has 3 heterocycles. The van der Waals surface area contributed by atoms with Gasteiger partial charge in [0.15, 0.2) is 5.79 Å². The Morgan fingerprint density at radius 2 is 1.82 bits per heavy atom. The summed E-state index contributed by atoms with van der Waals surface area (Å²) < 4.78 is 11.5. The molecule has 128 valence electrons. The van der Waals surface area contributed by atoms with Crippen LogP contribution in [0, 0.1) is 11.8 Å². The fourth-order valence-electron chi connectivity index (χ4n) is 4.00. The van der Waals surface area contributed by atoms with Crippen LogP contribution >= 0.6 is 12.4 Å². The lowest BCUT2D eigenvalue weighted by Crippen LogP contribution is -2.49. The fraction of sp³-hybridized carbons (Fsp3) is 0.938. The lowest BCUT2D eigenvalue weighted by atomic mass is 9.87. The number of ether oxygens (including phenoxy) is 2. The SMILES string of the molecule is C[C@H]1C[C@@H](C(=O)N2CCC(C3(C)OCCO3)CC2)CCN1.Cl. The number of piperidine rings is 2. The highest BCUT2D eigenvalue weighted by atomic mass is 35.5. The molecule has 0 radical (unpaired) electrons. The van der Waals surface area contributed by atoms with Gasteiger partial charge in [-0.2, -0.15) is 0 Å². The second-order valence-corrected chi connectivity index (χ2v) is 6.89. The van der Waals surface area contributed by atoms with E-state index in [4.69, 9.17) is 9.47 Å². The first-order chi connectivity index (χ1) is 10.1. The van der Waals surface area contributed by atoms with Gasteiger partial charge in [-0.1, -0.05) is 0 Å². The number of hydrogen-bond acceptors (Lipinski definition) is 4. The Kier molecular flexibility index (Phi) is 6.11. The smallest absolute Gasteiger partial charge is 0.225 e. The number of rotatable bonds is 2. The minimum Gasteiger partial charge on any atom is -0.348 e. The summed E-state index contributed by atoms with van der Waals surface area (Å²) in [6, 6.07) is 0.462. The number of nitrogens with zero attached hydrogens (tertiary/aromatic N) is 1. The highest BCUT2D eigenvalue weighted by Gasteiger charge is 2.42. The summed E-state index contributed by atoms with van der Waals surface area (Å²) in [5.41, 5.74) is 0. The van der Waals surface area contributed by atoms with E-state index in [-0.39, 0.29) is 18.3 Å². The van der Waals surface area contributed by atoms with Gasteiger partial charge in [0, 0.05) is 31.0 Å². The molecule has 3 aliphatic heterocycles. The predicted molar refractivity (Wildman–Crippen MR) is 87.0 cm³/mol. The van der Waals surface area contributed by atoms with Crippen LogP contribution in [0.5, 0.6) is 0 Å². The molecule has 0 saturated carbocycles. The van der Waals surface area contributed by atoms with Crippen molar-refractivity contribution in [3.05, 3.63) is 0 Å². The fourth-order valence-corrected chi connectivity index (χ4v) is 4.00. The Bertz CT molecular complexity index is 380. The minimum absolute atomic E-state index is 0. The molecular formula is C16H29ClN2O3. The number of hydrogen-bond donors (Lipinski definition) is 1. The number of likely N-dealkylation sites (tertiary alicyclic amines) is 1. The topological polar surface area (TPSA) is 50.8 Å². The number of carbonyl (C=O) groups excluding carboxylic acids is 1. The van der Waals surface area contributed by atoms with Gasteiger partial charge in [-0.25, -0.2) is 0 Å². The maximum atomic E-state index is 12.6. The van der Waals surface area contributed by atoms with Crippen molar-refractivity contribution in [3.8, 4) is 0 Å². The van der Waals surface area contributed by atoms with Gasteiger partial charge in [-0.05, 0) is 46.1 Å². The van der Waals surface area contributed by atoms with Gasteiger partial charge >= 0.3 is 0 Å². The Balaban J connectivity index is 0.00000176. The van der Waals surface area contributed by atoms with E-state index < -0.39 is 5.79 Å². The van der Waals surface area contributed by atoms with Crippen molar-refractivity contribution in [2.24, 2.45) is 11.8 Å². The van der Waals surface area contributed by atoms with Crippen LogP contribution < -0.4 is 5.32 Å². The molecule has 3 rings (SSSR count). The molecule has 22 heavy (non-hydrogen) atoms. The Morgan fingerprint density at radius 3 is 2.41 bits per heavy atom. The van der Waals surface area contributed by atoms with E-state index in [0.717, 1.165) is 45.3 Å². The van der Waals surface area contributed by atoms with Crippen molar-refractivity contribution in [3.63, 3.8) is 0 Å². The molecular weight excluding hydrogens is 304 g/mol. The number of carbonyl (C=O) groups is 1. The molecule has 0 unspecified atom stereocenters. The lowest BCUT2D eigenvalue weighted by molar-refractivity contribution is -0.192. The average molecular weight is 333 g/mol. The molecule has 1 N–H and O–H groups in total. The van der Waals surface area contributed by atoms with Gasteiger partial charge in [-0.3, -0.25) is 4.79 Å². The monoisotopic (exact) mass is 332 g/mol. The van der Waals surface area contributed by atoms with Crippen LogP contribution in [-0.4, -0.2) is 55.5 Å². The molecule has 3 aliphatic rings. The Morgan fingerprint density at radius 1 is 1.18 bits per heavy atom. The van der Waals surface area contributed by atoms with E-state index in [9.17, 15) is 4.79 Å². The van der Waals surface area contributed by atoms with E-state index in [0.29, 0.717) is 31.1 Å². The average Bonchev–Trinajstić information content (AvgIpc) is 2.95. The van der Waals surface area contributed by atoms with Crippen LogP contribution in [0.4, 0.5) is 0 Å². The minimum atomic E-state index is -0.418. The largest absolute Gasteiger partial charge is 0.348 e. The Labute approximate surface area is 139 Å². The molecule has 0 aromatic rings. The van der Waals surface area contributed by atoms with Gasteiger partial charge in [0.1, 0.15) is 0 Å². The zero-order valence-electron chi connectivity index (χ0n) is 13.7. The first kappa shape index (κ1) is 18.0. The van der Waals surface area contributed by atoms with E-state index >= 15 is 0 Å². The highest BCUT2D eigenvalue weighted by Crippen LogP contribution is 2.35. The van der Waals surface area contributed by atoms with Gasteiger partial charge in [0.2, 0.25) is 5.91 Å². The highest BCUT2D eigenvalue weighted by molar-refractivity contribution is 5.85. The van der Waals surface area contributed by atoms with E-state index in [1.54, 1.807) is 0 Å². The van der Waals surface area contributed by atoms with Crippen LogP contribution in [0.25, 0.3) is 0 Å². The first-order valence-corrected chi connectivity index (χ1v) is 8.38. The van der Waals surface area contributed by atoms with Crippen LogP contribution in [0.15, 0.2) is 0 Å². The van der Waals surface area contributed by atoms with E-state index in [1.165, 1.54) is 0 Å².